The number of H-pyrrole nitrogens is 1. The van der Waals surface area contributed by atoms with Crippen LogP contribution >= 0.6 is 0 Å². The van der Waals surface area contributed by atoms with E-state index in [1.165, 1.54) is 54.7 Å². The highest BCUT2D eigenvalue weighted by atomic mass is 16.3. The third kappa shape index (κ3) is 4.16. The maximum absolute atomic E-state index is 13.4. The first-order chi connectivity index (χ1) is 16.9. The number of aromatic nitrogens is 3. The van der Waals surface area contributed by atoms with Crippen LogP contribution in [0.2, 0.25) is 0 Å². The number of rotatable bonds is 5. The molecule has 0 saturated heterocycles. The molecule has 170 valence electrons. The topological polar surface area (TPSA) is 133 Å². The van der Waals surface area contributed by atoms with Crippen LogP contribution in [0.15, 0.2) is 89.9 Å². The molecule has 0 fully saturated rings. The van der Waals surface area contributed by atoms with Crippen LogP contribution in [0, 0.1) is 0 Å². The molecule has 0 radical (unpaired) electrons. The fourth-order valence-electron chi connectivity index (χ4n) is 3.68. The minimum atomic E-state index is -0.661. The van der Waals surface area contributed by atoms with E-state index in [-0.39, 0.29) is 39.7 Å². The number of phenols is 2. The van der Waals surface area contributed by atoms with Crippen LogP contribution in [0.4, 0.5) is 0 Å². The van der Waals surface area contributed by atoms with E-state index in [1.54, 1.807) is 6.07 Å². The van der Waals surface area contributed by atoms with E-state index >= 15 is 0 Å². The highest BCUT2D eigenvalue weighted by Crippen LogP contribution is 2.22. The van der Waals surface area contributed by atoms with Gasteiger partial charge in [0.05, 0.1) is 5.52 Å². The molecule has 2 aromatic heterocycles. The molecule has 8 heteroatoms. The molecule has 0 unspecified atom stereocenters. The molecule has 0 spiro atoms. The maximum Gasteiger partial charge on any atom is 0.275 e. The summed E-state index contributed by atoms with van der Waals surface area (Å²) in [4.78, 5) is 50.9. The number of ketones is 2. The quantitative estimate of drug-likeness (QED) is 0.337. The number of carbonyl (C=O) groups excluding carboxylic acids is 2. The van der Waals surface area contributed by atoms with Crippen molar-refractivity contribution in [2.75, 3.05) is 0 Å². The van der Waals surface area contributed by atoms with Crippen LogP contribution in [0.5, 0.6) is 11.5 Å². The van der Waals surface area contributed by atoms with Gasteiger partial charge in [-0.1, -0.05) is 18.2 Å². The first-order valence-electron chi connectivity index (χ1n) is 10.6. The van der Waals surface area contributed by atoms with E-state index in [9.17, 15) is 24.6 Å². The summed E-state index contributed by atoms with van der Waals surface area (Å²) < 4.78 is 0. The zero-order valence-electron chi connectivity index (χ0n) is 18.1. The van der Waals surface area contributed by atoms with Crippen LogP contribution in [0.3, 0.4) is 0 Å². The van der Waals surface area contributed by atoms with E-state index in [1.807, 2.05) is 24.3 Å². The molecule has 3 N–H and O–H groups in total. The number of benzene rings is 3. The lowest BCUT2D eigenvalue weighted by Crippen LogP contribution is -2.24. The van der Waals surface area contributed by atoms with Crippen molar-refractivity contribution in [1.82, 2.24) is 15.0 Å². The number of hydrogen-bond donors (Lipinski definition) is 3. The minimum absolute atomic E-state index is 0.0284. The molecule has 0 atom stereocenters. The molecular formula is C27H17N3O5. The Morgan fingerprint density at radius 3 is 2.03 bits per heavy atom. The van der Waals surface area contributed by atoms with Crippen molar-refractivity contribution in [3.8, 4) is 22.8 Å². The second-order valence-electron chi connectivity index (χ2n) is 7.81. The summed E-state index contributed by atoms with van der Waals surface area (Å²) in [6, 6.07) is 20.0. The number of pyridine rings is 1. The van der Waals surface area contributed by atoms with Gasteiger partial charge in [-0.15, -0.1) is 0 Å². The second-order valence-corrected chi connectivity index (χ2v) is 7.81. The molecule has 3 aromatic carbocycles. The largest absolute Gasteiger partial charge is 0.508 e. The highest BCUT2D eigenvalue weighted by Gasteiger charge is 2.25. The zero-order valence-corrected chi connectivity index (χ0v) is 18.1. The standard InChI is InChI=1S/C27H17N3O5/c31-19-9-5-15(6-10-19)25(33)23-24(26(34)16-7-11-20(32)12-8-16)30-27(35)22(29-23)18-13-17-3-1-2-4-21(17)28-14-18/h1-14,31-32H,(H,30,35). The Hall–Kier alpha value is -5.11. The average molecular weight is 463 g/mol. The van der Waals surface area contributed by atoms with Crippen molar-refractivity contribution in [2.45, 2.75) is 0 Å². The normalized spacial score (nSPS) is 10.9. The van der Waals surface area contributed by atoms with Gasteiger partial charge in [0.15, 0.2) is 0 Å². The summed E-state index contributed by atoms with van der Waals surface area (Å²) in [6.45, 7) is 0. The van der Waals surface area contributed by atoms with Gasteiger partial charge in [-0.3, -0.25) is 19.4 Å². The lowest BCUT2D eigenvalue weighted by molar-refractivity contribution is 0.0995. The van der Waals surface area contributed by atoms with E-state index < -0.39 is 17.1 Å². The Morgan fingerprint density at radius 1 is 0.771 bits per heavy atom. The summed E-state index contributed by atoms with van der Waals surface area (Å²) in [7, 11) is 0. The monoisotopic (exact) mass is 463 g/mol. The third-order valence-corrected chi connectivity index (χ3v) is 5.48. The van der Waals surface area contributed by atoms with Gasteiger partial charge in [-0.25, -0.2) is 4.98 Å². The van der Waals surface area contributed by atoms with Gasteiger partial charge in [0.25, 0.3) is 5.56 Å². The molecule has 5 aromatic rings. The van der Waals surface area contributed by atoms with E-state index in [0.29, 0.717) is 5.56 Å². The van der Waals surface area contributed by atoms with E-state index in [4.69, 9.17) is 0 Å². The van der Waals surface area contributed by atoms with Gasteiger partial charge in [-0.05, 0) is 60.7 Å². The van der Waals surface area contributed by atoms with Crippen LogP contribution in [0.25, 0.3) is 22.2 Å². The lowest BCUT2D eigenvalue weighted by Gasteiger charge is -2.10. The molecular weight excluding hydrogens is 446 g/mol. The molecule has 5 rings (SSSR count). The third-order valence-electron chi connectivity index (χ3n) is 5.48. The molecule has 0 aliphatic rings. The van der Waals surface area contributed by atoms with Crippen molar-refractivity contribution in [3.05, 3.63) is 118 Å². The van der Waals surface area contributed by atoms with Gasteiger partial charge >= 0.3 is 0 Å². The number of carbonyl (C=O) groups is 2. The van der Waals surface area contributed by atoms with Gasteiger partial charge in [0, 0.05) is 28.3 Å². The molecule has 2 heterocycles. The fraction of sp³-hybridized carbons (Fsp3) is 0. The number of aromatic amines is 1. The molecule has 8 nitrogen and oxygen atoms in total. The van der Waals surface area contributed by atoms with Gasteiger partial charge in [-0.2, -0.15) is 0 Å². The van der Waals surface area contributed by atoms with E-state index in [0.717, 1.165) is 10.9 Å². The number of fused-ring (bicyclic) bond motifs is 1. The summed E-state index contributed by atoms with van der Waals surface area (Å²) in [6.07, 6.45) is 1.48. The summed E-state index contributed by atoms with van der Waals surface area (Å²) in [5, 5.41) is 19.9. The molecule has 0 amide bonds. The Bertz CT molecular complexity index is 1660. The summed E-state index contributed by atoms with van der Waals surface area (Å²) in [5.74, 6) is -1.31. The van der Waals surface area contributed by atoms with Crippen LogP contribution in [-0.2, 0) is 0 Å². The molecule has 0 bridgehead atoms. The zero-order chi connectivity index (χ0) is 24.5. The lowest BCUT2D eigenvalue weighted by atomic mass is 10.0. The number of nitrogens with one attached hydrogen (secondary N) is 1. The first-order valence-corrected chi connectivity index (χ1v) is 10.6. The summed E-state index contributed by atoms with van der Waals surface area (Å²) >= 11 is 0. The van der Waals surface area contributed by atoms with E-state index in [2.05, 4.69) is 15.0 Å². The summed E-state index contributed by atoms with van der Waals surface area (Å²) in [5.41, 5.74) is 0.178. The average Bonchev–Trinajstić information content (AvgIpc) is 2.88. The predicted molar refractivity (Wildman–Crippen MR) is 129 cm³/mol. The highest BCUT2D eigenvalue weighted by molar-refractivity contribution is 6.18. The molecule has 35 heavy (non-hydrogen) atoms. The predicted octanol–water partition coefficient (Wildman–Crippen LogP) is 3.86. The van der Waals surface area contributed by atoms with Gasteiger partial charge in [0.1, 0.15) is 28.6 Å². The van der Waals surface area contributed by atoms with Gasteiger partial charge < -0.3 is 15.2 Å². The Morgan fingerprint density at radius 2 is 1.37 bits per heavy atom. The second kappa shape index (κ2) is 8.68. The SMILES string of the molecule is O=C(c1ccc(O)cc1)c1nc(-c2cnc3ccccc3c2)c(=O)[nH]c1C(=O)c1ccc(O)cc1. The van der Waals surface area contributed by atoms with Crippen molar-refractivity contribution in [1.29, 1.82) is 0 Å². The van der Waals surface area contributed by atoms with Crippen molar-refractivity contribution < 1.29 is 19.8 Å². The number of nitrogens with zero attached hydrogens (tertiary/aromatic N) is 2. The Kier molecular flexibility index (Phi) is 5.39. The number of hydrogen-bond acceptors (Lipinski definition) is 7. The fourth-order valence-corrected chi connectivity index (χ4v) is 3.68. The van der Waals surface area contributed by atoms with Crippen LogP contribution < -0.4 is 5.56 Å². The van der Waals surface area contributed by atoms with Crippen molar-refractivity contribution >= 4 is 22.5 Å². The molecule has 0 saturated carbocycles. The smallest absolute Gasteiger partial charge is 0.275 e. The molecule has 0 aliphatic heterocycles. The van der Waals surface area contributed by atoms with Crippen LogP contribution in [0.1, 0.15) is 32.1 Å². The number of aromatic hydroxyl groups is 2. The van der Waals surface area contributed by atoms with Crippen molar-refractivity contribution in [2.24, 2.45) is 0 Å². The number of para-hydroxylation sites is 1. The number of phenolic OH excluding ortho intramolecular Hbond substituents is 2. The van der Waals surface area contributed by atoms with Gasteiger partial charge in [0.2, 0.25) is 11.6 Å². The molecule has 0 aliphatic carbocycles. The van der Waals surface area contributed by atoms with Crippen LogP contribution in [-0.4, -0.2) is 36.7 Å². The Balaban J connectivity index is 1.70. The first kappa shape index (κ1) is 21.7. The van der Waals surface area contributed by atoms with Crippen molar-refractivity contribution in [3.63, 3.8) is 0 Å². The minimum Gasteiger partial charge on any atom is -0.508 e. The maximum atomic E-state index is 13.4. The Labute approximate surface area is 198 Å².